The van der Waals surface area contributed by atoms with Gasteiger partial charge in [0.2, 0.25) is 0 Å². The summed E-state index contributed by atoms with van der Waals surface area (Å²) in [6.07, 6.45) is -1.83. The first-order valence-corrected chi connectivity index (χ1v) is 6.90. The molecule has 3 N–H and O–H groups in total. The van der Waals surface area contributed by atoms with Crippen LogP contribution >= 0.6 is 0 Å². The lowest BCUT2D eigenvalue weighted by atomic mass is 9.94. The van der Waals surface area contributed by atoms with Crippen LogP contribution in [0.5, 0.6) is 0 Å². The lowest BCUT2D eigenvalue weighted by Gasteiger charge is -2.18. The zero-order chi connectivity index (χ0) is 16.3. The van der Waals surface area contributed by atoms with Crippen molar-refractivity contribution >= 4 is 12.0 Å². The first kappa shape index (κ1) is 19.6. The fourth-order valence-electron chi connectivity index (χ4n) is 1.86. The number of aliphatic carboxylic acids is 1. The standard InChI is InChI=1S/C13H24F2N2O4/c1-9(2)5-10(6-12(18)19)7-17-13(20)16-3-4-21-8-11(14)15/h9-11H,3-8H2,1-2H3,(H,18,19)(H2,16,17,20)/t10-/m0/s1. The minimum absolute atomic E-state index is 0.00229. The SMILES string of the molecule is CC(C)C[C@H](CNC(=O)NCCOCC(F)F)CC(=O)O. The second-order valence-electron chi connectivity index (χ2n) is 5.20. The summed E-state index contributed by atoms with van der Waals surface area (Å²) in [5.41, 5.74) is 0. The molecule has 1 atom stereocenters. The van der Waals surface area contributed by atoms with Crippen molar-refractivity contribution < 1.29 is 28.2 Å². The number of alkyl halides is 2. The van der Waals surface area contributed by atoms with E-state index in [-0.39, 0.29) is 32.0 Å². The zero-order valence-electron chi connectivity index (χ0n) is 12.4. The third kappa shape index (κ3) is 13.3. The van der Waals surface area contributed by atoms with Gasteiger partial charge in [-0.2, -0.15) is 0 Å². The highest BCUT2D eigenvalue weighted by molar-refractivity contribution is 5.74. The van der Waals surface area contributed by atoms with E-state index in [2.05, 4.69) is 15.4 Å². The minimum Gasteiger partial charge on any atom is -0.481 e. The average Bonchev–Trinajstić information content (AvgIpc) is 2.33. The molecule has 8 heteroatoms. The minimum atomic E-state index is -2.52. The molecule has 6 nitrogen and oxygen atoms in total. The fraction of sp³-hybridized carbons (Fsp3) is 0.846. The van der Waals surface area contributed by atoms with Crippen LogP contribution in [0.4, 0.5) is 13.6 Å². The molecular weight excluding hydrogens is 286 g/mol. The summed E-state index contributed by atoms with van der Waals surface area (Å²) in [4.78, 5) is 22.2. The van der Waals surface area contributed by atoms with Gasteiger partial charge >= 0.3 is 12.0 Å². The first-order chi connectivity index (χ1) is 9.81. The van der Waals surface area contributed by atoms with Crippen LogP contribution in [-0.2, 0) is 9.53 Å². The molecule has 21 heavy (non-hydrogen) atoms. The van der Waals surface area contributed by atoms with Crippen molar-refractivity contribution in [1.82, 2.24) is 10.6 Å². The summed E-state index contributed by atoms with van der Waals surface area (Å²) in [6.45, 7) is 3.69. The summed E-state index contributed by atoms with van der Waals surface area (Å²) in [5.74, 6) is -0.700. The van der Waals surface area contributed by atoms with Crippen LogP contribution in [0.25, 0.3) is 0 Å². The molecule has 0 aliphatic rings. The molecule has 0 aromatic carbocycles. The van der Waals surface area contributed by atoms with E-state index in [0.717, 1.165) is 0 Å². The van der Waals surface area contributed by atoms with Crippen molar-refractivity contribution in [3.63, 3.8) is 0 Å². The number of carbonyl (C=O) groups excluding carboxylic acids is 1. The van der Waals surface area contributed by atoms with Crippen molar-refractivity contribution in [2.45, 2.75) is 33.1 Å². The fourth-order valence-corrected chi connectivity index (χ4v) is 1.86. The number of hydrogen-bond donors (Lipinski definition) is 3. The maximum absolute atomic E-state index is 11.8. The van der Waals surface area contributed by atoms with Crippen LogP contribution in [0.3, 0.4) is 0 Å². The van der Waals surface area contributed by atoms with Crippen molar-refractivity contribution in [3.8, 4) is 0 Å². The maximum Gasteiger partial charge on any atom is 0.314 e. The number of halogens is 2. The Morgan fingerprint density at radius 3 is 2.43 bits per heavy atom. The van der Waals surface area contributed by atoms with Crippen molar-refractivity contribution in [2.75, 3.05) is 26.3 Å². The van der Waals surface area contributed by atoms with E-state index in [4.69, 9.17) is 5.11 Å². The van der Waals surface area contributed by atoms with Gasteiger partial charge in [0.15, 0.2) is 0 Å². The summed E-state index contributed by atoms with van der Waals surface area (Å²) < 4.78 is 28.1. The highest BCUT2D eigenvalue weighted by atomic mass is 19.3. The van der Waals surface area contributed by atoms with Gasteiger partial charge in [-0.15, -0.1) is 0 Å². The third-order valence-electron chi connectivity index (χ3n) is 2.60. The molecule has 0 spiro atoms. The molecule has 0 fully saturated rings. The highest BCUT2D eigenvalue weighted by Crippen LogP contribution is 2.14. The second-order valence-corrected chi connectivity index (χ2v) is 5.20. The van der Waals surface area contributed by atoms with Gasteiger partial charge in [0.25, 0.3) is 6.43 Å². The van der Waals surface area contributed by atoms with Gasteiger partial charge in [-0.25, -0.2) is 13.6 Å². The average molecular weight is 310 g/mol. The molecule has 0 saturated heterocycles. The van der Waals surface area contributed by atoms with Crippen LogP contribution in [0.1, 0.15) is 26.7 Å². The Kier molecular flexibility index (Phi) is 10.5. The largest absolute Gasteiger partial charge is 0.481 e. The highest BCUT2D eigenvalue weighted by Gasteiger charge is 2.15. The Labute approximate surface area is 123 Å². The van der Waals surface area contributed by atoms with Gasteiger partial charge < -0.3 is 20.5 Å². The Hall–Kier alpha value is -1.44. The normalized spacial score (nSPS) is 12.5. The molecule has 124 valence electrons. The Bertz CT molecular complexity index is 315. The van der Waals surface area contributed by atoms with Gasteiger partial charge in [-0.1, -0.05) is 13.8 Å². The summed E-state index contributed by atoms with van der Waals surface area (Å²) in [7, 11) is 0. The number of nitrogens with one attached hydrogen (secondary N) is 2. The quantitative estimate of drug-likeness (QED) is 0.507. The Morgan fingerprint density at radius 1 is 1.24 bits per heavy atom. The van der Waals surface area contributed by atoms with Crippen LogP contribution in [0.2, 0.25) is 0 Å². The number of carboxylic acids is 1. The molecule has 0 heterocycles. The van der Waals surface area contributed by atoms with E-state index in [0.29, 0.717) is 12.3 Å². The molecule has 0 aromatic rings. The molecule has 0 aliphatic heterocycles. The van der Waals surface area contributed by atoms with Gasteiger partial charge in [0.1, 0.15) is 6.61 Å². The summed E-state index contributed by atoms with van der Waals surface area (Å²) >= 11 is 0. The number of carboxylic acid groups (broad SMARTS) is 1. The molecule has 0 aromatic heterocycles. The predicted octanol–water partition coefficient (Wildman–Crippen LogP) is 1.70. The van der Waals surface area contributed by atoms with Crippen molar-refractivity contribution in [2.24, 2.45) is 11.8 Å². The Balaban J connectivity index is 3.83. The van der Waals surface area contributed by atoms with Crippen LogP contribution < -0.4 is 10.6 Å². The monoisotopic (exact) mass is 310 g/mol. The number of carbonyl (C=O) groups is 2. The van der Waals surface area contributed by atoms with Crippen LogP contribution in [0, 0.1) is 11.8 Å². The number of urea groups is 1. The van der Waals surface area contributed by atoms with Gasteiger partial charge in [0, 0.05) is 19.5 Å². The number of hydrogen-bond acceptors (Lipinski definition) is 3. The Morgan fingerprint density at radius 2 is 1.90 bits per heavy atom. The molecule has 0 bridgehead atoms. The van der Waals surface area contributed by atoms with Crippen molar-refractivity contribution in [1.29, 1.82) is 0 Å². The van der Waals surface area contributed by atoms with Crippen LogP contribution in [0.15, 0.2) is 0 Å². The lowest BCUT2D eigenvalue weighted by Crippen LogP contribution is -2.40. The predicted molar refractivity (Wildman–Crippen MR) is 73.4 cm³/mol. The number of ether oxygens (including phenoxy) is 1. The van der Waals surface area contributed by atoms with E-state index < -0.39 is 25.0 Å². The molecule has 0 aliphatic carbocycles. The van der Waals surface area contributed by atoms with E-state index >= 15 is 0 Å². The van der Waals surface area contributed by atoms with E-state index in [1.807, 2.05) is 13.8 Å². The number of rotatable bonds is 11. The van der Waals surface area contributed by atoms with Gasteiger partial charge in [-0.3, -0.25) is 4.79 Å². The van der Waals surface area contributed by atoms with E-state index in [9.17, 15) is 18.4 Å². The molecule has 0 rings (SSSR count). The smallest absolute Gasteiger partial charge is 0.314 e. The molecule has 0 unspecified atom stereocenters. The zero-order valence-corrected chi connectivity index (χ0v) is 12.4. The molecule has 0 radical (unpaired) electrons. The second kappa shape index (κ2) is 11.2. The van der Waals surface area contributed by atoms with E-state index in [1.165, 1.54) is 0 Å². The molecule has 0 saturated carbocycles. The van der Waals surface area contributed by atoms with Gasteiger partial charge in [0.05, 0.1) is 6.61 Å². The number of amides is 2. The van der Waals surface area contributed by atoms with Gasteiger partial charge in [-0.05, 0) is 18.3 Å². The third-order valence-corrected chi connectivity index (χ3v) is 2.60. The maximum atomic E-state index is 11.8. The topological polar surface area (TPSA) is 87.7 Å². The molecule has 2 amide bonds. The summed E-state index contributed by atoms with van der Waals surface area (Å²) in [5, 5.41) is 13.8. The van der Waals surface area contributed by atoms with Crippen molar-refractivity contribution in [3.05, 3.63) is 0 Å². The summed E-state index contributed by atoms with van der Waals surface area (Å²) in [6, 6.07) is -0.463. The van der Waals surface area contributed by atoms with Crippen LogP contribution in [-0.4, -0.2) is 49.8 Å². The van der Waals surface area contributed by atoms with E-state index in [1.54, 1.807) is 0 Å². The lowest BCUT2D eigenvalue weighted by molar-refractivity contribution is -0.138. The first-order valence-electron chi connectivity index (χ1n) is 6.90. The molecular formula is C13H24F2N2O4.